The summed E-state index contributed by atoms with van der Waals surface area (Å²) in [5, 5.41) is 20.3. The number of benzene rings is 1. The van der Waals surface area contributed by atoms with Gasteiger partial charge in [-0.1, -0.05) is 30.4 Å². The lowest BCUT2D eigenvalue weighted by Gasteiger charge is -2.16. The second-order valence-corrected chi connectivity index (χ2v) is 6.92. The van der Waals surface area contributed by atoms with Crippen LogP contribution >= 0.6 is 0 Å². The molecule has 6 nitrogen and oxygen atoms in total. The van der Waals surface area contributed by atoms with Gasteiger partial charge in [0.05, 0.1) is 13.2 Å². The fraction of sp³-hybridized carbons (Fsp3) is 0.435. The topological polar surface area (TPSA) is 93.1 Å². The molecule has 0 bridgehead atoms. The predicted octanol–water partition coefficient (Wildman–Crippen LogP) is 2.60. The average Bonchev–Trinajstić information content (AvgIpc) is 3.00. The Balaban J connectivity index is 1.86. The number of hydrogen-bond donors (Lipinski definition) is 2. The normalized spacial score (nSPS) is 22.2. The van der Waals surface area contributed by atoms with Crippen LogP contribution in [0.1, 0.15) is 25.7 Å². The molecule has 4 atom stereocenters. The number of Topliss-reactive ketones (excluding diaryl/α,β-unsaturated/α-hetero) is 1. The summed E-state index contributed by atoms with van der Waals surface area (Å²) in [7, 11) is 1.34. The predicted molar refractivity (Wildman–Crippen MR) is 108 cm³/mol. The molecule has 0 saturated heterocycles. The van der Waals surface area contributed by atoms with Gasteiger partial charge in [0.2, 0.25) is 0 Å². The number of para-hydroxylation sites is 1. The van der Waals surface area contributed by atoms with Crippen LogP contribution in [0.3, 0.4) is 0 Å². The Bertz CT molecular complexity index is 748. The van der Waals surface area contributed by atoms with Crippen molar-refractivity contribution in [1.82, 2.24) is 0 Å². The van der Waals surface area contributed by atoms with Gasteiger partial charge in [0.1, 0.15) is 24.2 Å². The van der Waals surface area contributed by atoms with E-state index in [2.05, 4.69) is 10.5 Å². The van der Waals surface area contributed by atoms with Crippen molar-refractivity contribution >= 4 is 11.8 Å². The van der Waals surface area contributed by atoms with E-state index in [0.29, 0.717) is 18.6 Å². The van der Waals surface area contributed by atoms with Gasteiger partial charge in [-0.15, -0.1) is 5.73 Å². The number of ether oxygens (including phenoxy) is 2. The SMILES string of the molecule is COC(=O)CCC=C=CC[C@@H]1C(=O)C[C@@H](O)[C@H]1/C=C\[C@@H](O)COc1ccccc1. The highest BCUT2D eigenvalue weighted by Gasteiger charge is 2.39. The van der Waals surface area contributed by atoms with Gasteiger partial charge in [-0.2, -0.15) is 0 Å². The number of hydrogen-bond acceptors (Lipinski definition) is 6. The standard InChI is InChI=1S/C23H28O6/c1-28-23(27)12-8-3-2-7-11-19-20(22(26)15-21(19)25)14-13-17(24)16-29-18-9-5-4-6-10-18/h3-7,9-10,13-14,17,19-20,22,24,26H,8,11-12,15-16H2,1H3/b14-13-/t2?,17-,19+,20+,22-/m1/s1. The number of carbonyl (C=O) groups excluding carboxylic acids is 2. The van der Waals surface area contributed by atoms with Crippen molar-refractivity contribution < 1.29 is 29.3 Å². The van der Waals surface area contributed by atoms with Crippen LogP contribution in [0.2, 0.25) is 0 Å². The molecule has 1 fully saturated rings. The zero-order chi connectivity index (χ0) is 21.1. The lowest BCUT2D eigenvalue weighted by Crippen LogP contribution is -2.20. The molecule has 0 radical (unpaired) electrons. The highest BCUT2D eigenvalue weighted by molar-refractivity contribution is 5.84. The molecule has 1 saturated carbocycles. The van der Waals surface area contributed by atoms with E-state index >= 15 is 0 Å². The lowest BCUT2D eigenvalue weighted by molar-refractivity contribution is -0.140. The number of carbonyl (C=O) groups is 2. The molecule has 1 aliphatic carbocycles. The third-order valence-corrected chi connectivity index (χ3v) is 4.78. The fourth-order valence-corrected chi connectivity index (χ4v) is 3.19. The summed E-state index contributed by atoms with van der Waals surface area (Å²) in [5.74, 6) is -0.336. The van der Waals surface area contributed by atoms with Gasteiger partial charge >= 0.3 is 5.97 Å². The number of rotatable bonds is 10. The van der Waals surface area contributed by atoms with Gasteiger partial charge in [0, 0.05) is 24.7 Å². The maximum absolute atomic E-state index is 12.2. The highest BCUT2D eigenvalue weighted by atomic mass is 16.5. The maximum Gasteiger partial charge on any atom is 0.305 e. The Labute approximate surface area is 171 Å². The largest absolute Gasteiger partial charge is 0.491 e. The van der Waals surface area contributed by atoms with Crippen LogP contribution in [0.25, 0.3) is 0 Å². The van der Waals surface area contributed by atoms with E-state index in [1.807, 2.05) is 18.2 Å². The van der Waals surface area contributed by atoms with Crippen molar-refractivity contribution in [2.24, 2.45) is 11.8 Å². The van der Waals surface area contributed by atoms with Crippen LogP contribution in [0.5, 0.6) is 5.75 Å². The number of ketones is 1. The van der Waals surface area contributed by atoms with Gasteiger partial charge < -0.3 is 19.7 Å². The van der Waals surface area contributed by atoms with Crippen molar-refractivity contribution in [1.29, 1.82) is 0 Å². The van der Waals surface area contributed by atoms with Gasteiger partial charge in [0.15, 0.2) is 0 Å². The number of aliphatic hydroxyl groups is 2. The second-order valence-electron chi connectivity index (χ2n) is 6.92. The van der Waals surface area contributed by atoms with E-state index in [0.717, 1.165) is 0 Å². The number of methoxy groups -OCH3 is 1. The minimum atomic E-state index is -0.840. The summed E-state index contributed by atoms with van der Waals surface area (Å²) in [6.07, 6.45) is 6.48. The average molecular weight is 400 g/mol. The first-order valence-electron chi connectivity index (χ1n) is 9.72. The highest BCUT2D eigenvalue weighted by Crippen LogP contribution is 2.33. The number of esters is 1. The fourth-order valence-electron chi connectivity index (χ4n) is 3.19. The molecule has 0 heterocycles. The molecular weight excluding hydrogens is 372 g/mol. The molecule has 0 aliphatic heterocycles. The minimum absolute atomic E-state index is 0.00483. The molecule has 1 aromatic rings. The van der Waals surface area contributed by atoms with Crippen LogP contribution in [0.4, 0.5) is 0 Å². The summed E-state index contributed by atoms with van der Waals surface area (Å²) >= 11 is 0. The molecule has 0 spiro atoms. The molecule has 2 rings (SSSR count). The molecule has 6 heteroatoms. The molecular formula is C23H28O6. The lowest BCUT2D eigenvalue weighted by atomic mass is 9.90. The Kier molecular flexibility index (Phi) is 9.38. The smallest absolute Gasteiger partial charge is 0.305 e. The number of allylic oxidation sites excluding steroid dienone is 1. The third-order valence-electron chi connectivity index (χ3n) is 4.78. The van der Waals surface area contributed by atoms with Crippen molar-refractivity contribution in [3.63, 3.8) is 0 Å². The van der Waals surface area contributed by atoms with Gasteiger partial charge in [0.25, 0.3) is 0 Å². The summed E-state index contributed by atoms with van der Waals surface area (Å²) in [6, 6.07) is 9.18. The van der Waals surface area contributed by atoms with E-state index < -0.39 is 12.2 Å². The van der Waals surface area contributed by atoms with Crippen LogP contribution < -0.4 is 4.74 Å². The van der Waals surface area contributed by atoms with Gasteiger partial charge in [-0.25, -0.2) is 0 Å². The Morgan fingerprint density at radius 1 is 1.31 bits per heavy atom. The van der Waals surface area contributed by atoms with Crippen molar-refractivity contribution in [3.05, 3.63) is 60.4 Å². The van der Waals surface area contributed by atoms with Gasteiger partial charge in [-0.05, 0) is 37.1 Å². The number of aliphatic hydroxyl groups excluding tert-OH is 2. The molecule has 29 heavy (non-hydrogen) atoms. The maximum atomic E-state index is 12.2. The zero-order valence-electron chi connectivity index (χ0n) is 16.6. The molecule has 2 N–H and O–H groups in total. The zero-order valence-corrected chi connectivity index (χ0v) is 16.6. The Morgan fingerprint density at radius 2 is 2.07 bits per heavy atom. The monoisotopic (exact) mass is 400 g/mol. The molecule has 156 valence electrons. The quantitative estimate of drug-likeness (QED) is 0.356. The Morgan fingerprint density at radius 3 is 2.79 bits per heavy atom. The second kappa shape index (κ2) is 12.0. The summed E-state index contributed by atoms with van der Waals surface area (Å²) in [4.78, 5) is 23.2. The van der Waals surface area contributed by atoms with E-state index in [-0.39, 0.29) is 43.0 Å². The summed E-state index contributed by atoms with van der Waals surface area (Å²) in [6.45, 7) is 0.0881. The van der Waals surface area contributed by atoms with Crippen LogP contribution in [0, 0.1) is 11.8 Å². The first kappa shape index (κ1) is 22.6. The van der Waals surface area contributed by atoms with E-state index in [1.54, 1.807) is 36.4 Å². The van der Waals surface area contributed by atoms with Gasteiger partial charge in [-0.3, -0.25) is 9.59 Å². The van der Waals surface area contributed by atoms with Crippen molar-refractivity contribution in [2.45, 2.75) is 37.9 Å². The van der Waals surface area contributed by atoms with Crippen LogP contribution in [-0.4, -0.2) is 47.9 Å². The van der Waals surface area contributed by atoms with Crippen LogP contribution in [-0.2, 0) is 14.3 Å². The summed E-state index contributed by atoms with van der Waals surface area (Å²) < 4.78 is 10.1. The first-order chi connectivity index (χ1) is 14.0. The molecule has 0 aromatic heterocycles. The summed E-state index contributed by atoms with van der Waals surface area (Å²) in [5.41, 5.74) is 2.97. The first-order valence-corrected chi connectivity index (χ1v) is 9.72. The molecule has 1 aromatic carbocycles. The Hall–Kier alpha value is -2.66. The van der Waals surface area contributed by atoms with E-state index in [1.165, 1.54) is 7.11 Å². The molecule has 0 unspecified atom stereocenters. The van der Waals surface area contributed by atoms with E-state index in [9.17, 15) is 19.8 Å². The molecule has 1 aliphatic rings. The van der Waals surface area contributed by atoms with Crippen molar-refractivity contribution in [2.75, 3.05) is 13.7 Å². The minimum Gasteiger partial charge on any atom is -0.491 e. The third kappa shape index (κ3) is 7.70. The van der Waals surface area contributed by atoms with Crippen molar-refractivity contribution in [3.8, 4) is 5.75 Å². The molecule has 0 amide bonds. The van der Waals surface area contributed by atoms with E-state index in [4.69, 9.17) is 4.74 Å². The van der Waals surface area contributed by atoms with Crippen LogP contribution in [0.15, 0.2) is 60.4 Å².